The molecule has 0 N–H and O–H groups in total. The molecule has 1 aliphatic rings. The second kappa shape index (κ2) is 8.10. The minimum absolute atomic E-state index is 0.0725. The third-order valence-electron chi connectivity index (χ3n) is 5.16. The van der Waals surface area contributed by atoms with Gasteiger partial charge in [0.1, 0.15) is 15.6 Å². The third-order valence-corrected chi connectivity index (χ3v) is 6.36. The van der Waals surface area contributed by atoms with Crippen LogP contribution in [0.4, 0.5) is 0 Å². The second-order valence-corrected chi connectivity index (χ2v) is 7.96. The van der Waals surface area contributed by atoms with Crippen LogP contribution in [0.25, 0.3) is 10.6 Å². The van der Waals surface area contributed by atoms with Crippen molar-refractivity contribution in [1.29, 1.82) is 0 Å². The van der Waals surface area contributed by atoms with Gasteiger partial charge in [-0.2, -0.15) is 0 Å². The van der Waals surface area contributed by atoms with E-state index in [1.807, 2.05) is 48.4 Å². The molecule has 6 heteroatoms. The van der Waals surface area contributed by atoms with Gasteiger partial charge in [0, 0.05) is 24.5 Å². The number of carbonyl (C=O) groups is 1. The summed E-state index contributed by atoms with van der Waals surface area (Å²) in [6, 6.07) is 11.9. The highest BCUT2D eigenvalue weighted by Crippen LogP contribution is 2.35. The van der Waals surface area contributed by atoms with E-state index in [-0.39, 0.29) is 11.9 Å². The number of pyridine rings is 1. The lowest BCUT2D eigenvalue weighted by molar-refractivity contribution is 0.0615. The summed E-state index contributed by atoms with van der Waals surface area (Å²) in [5.74, 6) is 0.879. The van der Waals surface area contributed by atoms with Crippen molar-refractivity contribution in [2.75, 3.05) is 13.7 Å². The number of ether oxygens (including phenoxy) is 1. The molecular weight excluding hydrogens is 370 g/mol. The number of nitrogens with zero attached hydrogens (tertiary/aromatic N) is 3. The molecule has 4 rings (SSSR count). The normalized spacial score (nSPS) is 16.8. The lowest BCUT2D eigenvalue weighted by Gasteiger charge is -2.35. The summed E-state index contributed by atoms with van der Waals surface area (Å²) in [6.45, 7) is 2.69. The average molecular weight is 394 g/mol. The van der Waals surface area contributed by atoms with E-state index in [9.17, 15) is 4.79 Å². The van der Waals surface area contributed by atoms with Crippen molar-refractivity contribution in [2.45, 2.75) is 32.2 Å². The molecule has 1 aromatic carbocycles. The van der Waals surface area contributed by atoms with Gasteiger partial charge in [-0.3, -0.25) is 9.78 Å². The number of thiazole rings is 1. The van der Waals surface area contributed by atoms with Crippen LogP contribution in [0.3, 0.4) is 0 Å². The zero-order valence-corrected chi connectivity index (χ0v) is 16.9. The van der Waals surface area contributed by atoms with Crippen molar-refractivity contribution in [2.24, 2.45) is 0 Å². The fourth-order valence-corrected chi connectivity index (χ4v) is 4.70. The van der Waals surface area contributed by atoms with E-state index < -0.39 is 0 Å². The summed E-state index contributed by atoms with van der Waals surface area (Å²) >= 11 is 1.47. The van der Waals surface area contributed by atoms with E-state index in [1.54, 1.807) is 13.3 Å². The topological polar surface area (TPSA) is 55.3 Å². The fraction of sp³-hybridized carbons (Fsp3) is 0.318. The monoisotopic (exact) mass is 393 g/mol. The summed E-state index contributed by atoms with van der Waals surface area (Å²) in [5, 5.41) is 0.860. The molecule has 1 unspecified atom stereocenters. The maximum atomic E-state index is 13.4. The Hall–Kier alpha value is -2.73. The molecule has 0 saturated carbocycles. The van der Waals surface area contributed by atoms with Gasteiger partial charge in [-0.05, 0) is 62.1 Å². The van der Waals surface area contributed by atoms with Crippen molar-refractivity contribution in [3.05, 3.63) is 64.9 Å². The van der Waals surface area contributed by atoms with Gasteiger partial charge in [-0.25, -0.2) is 4.98 Å². The number of carbonyl (C=O) groups excluding carboxylic acids is 1. The molecule has 3 heterocycles. The minimum atomic E-state index is 0.0725. The van der Waals surface area contributed by atoms with Gasteiger partial charge in [-0.1, -0.05) is 6.07 Å². The van der Waals surface area contributed by atoms with E-state index in [1.165, 1.54) is 11.3 Å². The average Bonchev–Trinajstić information content (AvgIpc) is 3.15. The van der Waals surface area contributed by atoms with E-state index in [0.29, 0.717) is 0 Å². The molecule has 1 fully saturated rings. The molecule has 3 aromatic rings. The number of benzene rings is 1. The van der Waals surface area contributed by atoms with Gasteiger partial charge in [-0.15, -0.1) is 11.3 Å². The maximum absolute atomic E-state index is 13.4. The number of hydrogen-bond donors (Lipinski definition) is 0. The van der Waals surface area contributed by atoms with Gasteiger partial charge >= 0.3 is 0 Å². The number of amides is 1. The molecule has 5 nitrogen and oxygen atoms in total. The number of aromatic nitrogens is 2. The Balaban J connectivity index is 1.62. The third kappa shape index (κ3) is 3.64. The van der Waals surface area contributed by atoms with Crippen LogP contribution in [0.2, 0.25) is 0 Å². The minimum Gasteiger partial charge on any atom is -0.497 e. The van der Waals surface area contributed by atoms with Gasteiger partial charge in [0.05, 0.1) is 18.8 Å². The van der Waals surface area contributed by atoms with Crippen LogP contribution in [0, 0.1) is 6.92 Å². The smallest absolute Gasteiger partial charge is 0.266 e. The Labute approximate surface area is 169 Å². The van der Waals surface area contributed by atoms with E-state index >= 15 is 0 Å². The Morgan fingerprint density at radius 1 is 1.21 bits per heavy atom. The first-order valence-corrected chi connectivity index (χ1v) is 10.3. The van der Waals surface area contributed by atoms with Crippen molar-refractivity contribution in [1.82, 2.24) is 14.9 Å². The molecule has 1 aliphatic heterocycles. The molecule has 1 saturated heterocycles. The van der Waals surface area contributed by atoms with Crippen molar-refractivity contribution >= 4 is 17.2 Å². The Kier molecular flexibility index (Phi) is 5.39. The standard InChI is InChI=1S/C22H23N3O2S/c1-15-20(28-21(24-15)16-8-10-18(27-2)11-9-16)22(26)25-13-4-3-7-19(25)17-6-5-12-23-14-17/h5-6,8-12,14,19H,3-4,7,13H2,1-2H3. The zero-order valence-electron chi connectivity index (χ0n) is 16.1. The van der Waals surface area contributed by atoms with Gasteiger partial charge in [0.15, 0.2) is 0 Å². The first-order chi connectivity index (χ1) is 13.7. The van der Waals surface area contributed by atoms with Crippen LogP contribution in [0.1, 0.15) is 46.2 Å². The quantitative estimate of drug-likeness (QED) is 0.633. The number of likely N-dealkylation sites (tertiary alicyclic amines) is 1. The molecule has 1 amide bonds. The number of aryl methyl sites for hydroxylation is 1. The summed E-state index contributed by atoms with van der Waals surface area (Å²) in [4.78, 5) is 25.0. The van der Waals surface area contributed by atoms with Crippen LogP contribution in [0.5, 0.6) is 5.75 Å². The highest BCUT2D eigenvalue weighted by Gasteiger charge is 2.31. The highest BCUT2D eigenvalue weighted by molar-refractivity contribution is 7.17. The molecule has 0 bridgehead atoms. The lowest BCUT2D eigenvalue weighted by atomic mass is 9.96. The molecule has 0 aliphatic carbocycles. The van der Waals surface area contributed by atoms with E-state index in [0.717, 1.165) is 58.3 Å². The molecule has 2 aromatic heterocycles. The van der Waals surface area contributed by atoms with E-state index in [2.05, 4.69) is 16.0 Å². The predicted octanol–water partition coefficient (Wildman–Crippen LogP) is 4.89. The zero-order chi connectivity index (χ0) is 19.5. The molecule has 144 valence electrons. The van der Waals surface area contributed by atoms with Crippen molar-refractivity contribution < 1.29 is 9.53 Å². The number of rotatable bonds is 4. The molecule has 28 heavy (non-hydrogen) atoms. The summed E-state index contributed by atoms with van der Waals surface area (Å²) < 4.78 is 5.22. The number of methoxy groups -OCH3 is 1. The largest absolute Gasteiger partial charge is 0.497 e. The van der Waals surface area contributed by atoms with Crippen LogP contribution >= 0.6 is 11.3 Å². The Morgan fingerprint density at radius 2 is 2.04 bits per heavy atom. The van der Waals surface area contributed by atoms with Gasteiger partial charge in [0.25, 0.3) is 5.91 Å². The molecular formula is C22H23N3O2S. The first-order valence-electron chi connectivity index (χ1n) is 9.50. The van der Waals surface area contributed by atoms with Crippen LogP contribution in [-0.4, -0.2) is 34.4 Å². The first kappa shape index (κ1) is 18.6. The number of piperidine rings is 1. The van der Waals surface area contributed by atoms with Crippen LogP contribution in [0.15, 0.2) is 48.8 Å². The molecule has 1 atom stereocenters. The predicted molar refractivity (Wildman–Crippen MR) is 111 cm³/mol. The summed E-state index contributed by atoms with van der Waals surface area (Å²) in [6.07, 6.45) is 6.78. The second-order valence-electron chi connectivity index (χ2n) is 6.96. The Bertz CT molecular complexity index is 954. The fourth-order valence-electron chi connectivity index (χ4n) is 3.68. The molecule has 0 spiro atoms. The van der Waals surface area contributed by atoms with Crippen LogP contribution in [-0.2, 0) is 0 Å². The lowest BCUT2D eigenvalue weighted by Crippen LogP contribution is -2.38. The van der Waals surface area contributed by atoms with Crippen molar-refractivity contribution in [3.8, 4) is 16.3 Å². The molecule has 0 radical (unpaired) electrons. The highest BCUT2D eigenvalue weighted by atomic mass is 32.1. The van der Waals surface area contributed by atoms with Gasteiger partial charge < -0.3 is 9.64 Å². The van der Waals surface area contributed by atoms with E-state index in [4.69, 9.17) is 4.74 Å². The number of hydrogen-bond acceptors (Lipinski definition) is 5. The SMILES string of the molecule is COc1ccc(-c2nc(C)c(C(=O)N3CCCCC3c3cccnc3)s2)cc1. The summed E-state index contributed by atoms with van der Waals surface area (Å²) in [5.41, 5.74) is 2.89. The van der Waals surface area contributed by atoms with Gasteiger partial charge in [0.2, 0.25) is 0 Å². The summed E-state index contributed by atoms with van der Waals surface area (Å²) in [7, 11) is 1.65. The van der Waals surface area contributed by atoms with Crippen molar-refractivity contribution in [3.63, 3.8) is 0 Å². The Morgan fingerprint density at radius 3 is 2.75 bits per heavy atom. The van der Waals surface area contributed by atoms with Crippen LogP contribution < -0.4 is 4.74 Å². The maximum Gasteiger partial charge on any atom is 0.266 e.